The molecule has 0 unspecified atom stereocenters. The number of nitrogens with zero attached hydrogens (tertiary/aromatic N) is 3. The van der Waals surface area contributed by atoms with Gasteiger partial charge in [-0.3, -0.25) is 14.6 Å². The zero-order valence-electron chi connectivity index (χ0n) is 15.6. The third kappa shape index (κ3) is 2.91. The van der Waals surface area contributed by atoms with Crippen LogP contribution in [0.3, 0.4) is 0 Å². The SMILES string of the molecule is COC12CC(C(=O)Nc3noc(Oc4ccc(N5CCOCC5)cc4)n3)(C1)C2. The van der Waals surface area contributed by atoms with Crippen molar-refractivity contribution in [2.24, 2.45) is 5.41 Å². The fraction of sp³-hybridized carbons (Fsp3) is 0.526. The number of methoxy groups -OCH3 is 1. The first-order valence-electron chi connectivity index (χ1n) is 9.41. The monoisotopic (exact) mass is 386 g/mol. The van der Waals surface area contributed by atoms with Gasteiger partial charge >= 0.3 is 6.08 Å². The average molecular weight is 386 g/mol. The van der Waals surface area contributed by atoms with Crippen molar-refractivity contribution in [2.45, 2.75) is 24.9 Å². The van der Waals surface area contributed by atoms with Crippen molar-refractivity contribution >= 4 is 17.5 Å². The molecule has 6 rings (SSSR count). The lowest BCUT2D eigenvalue weighted by Crippen LogP contribution is -2.72. The minimum Gasteiger partial charge on any atom is -0.410 e. The predicted octanol–water partition coefficient (Wildman–Crippen LogP) is 2.21. The molecule has 1 aliphatic heterocycles. The largest absolute Gasteiger partial charge is 0.424 e. The van der Waals surface area contributed by atoms with Crippen molar-refractivity contribution in [3.8, 4) is 11.8 Å². The van der Waals surface area contributed by atoms with E-state index in [0.717, 1.165) is 51.3 Å². The highest BCUT2D eigenvalue weighted by atomic mass is 16.6. The Bertz CT molecular complexity index is 855. The van der Waals surface area contributed by atoms with Crippen molar-refractivity contribution in [1.82, 2.24) is 10.1 Å². The van der Waals surface area contributed by atoms with Crippen LogP contribution < -0.4 is 15.0 Å². The number of aromatic nitrogens is 2. The van der Waals surface area contributed by atoms with E-state index in [-0.39, 0.29) is 28.9 Å². The van der Waals surface area contributed by atoms with Crippen LogP contribution in [0.1, 0.15) is 19.3 Å². The summed E-state index contributed by atoms with van der Waals surface area (Å²) in [5.41, 5.74) is 0.685. The maximum Gasteiger partial charge on any atom is 0.424 e. The van der Waals surface area contributed by atoms with Gasteiger partial charge in [0.15, 0.2) is 0 Å². The smallest absolute Gasteiger partial charge is 0.410 e. The number of nitrogens with one attached hydrogen (secondary N) is 1. The van der Waals surface area contributed by atoms with E-state index in [1.54, 1.807) is 7.11 Å². The van der Waals surface area contributed by atoms with Crippen LogP contribution in [0.4, 0.5) is 11.6 Å². The lowest BCUT2D eigenvalue weighted by Gasteiger charge is -2.67. The number of ether oxygens (including phenoxy) is 3. The number of hydrogen-bond acceptors (Lipinski definition) is 8. The fourth-order valence-corrected chi connectivity index (χ4v) is 4.34. The van der Waals surface area contributed by atoms with Crippen LogP contribution in [0.15, 0.2) is 28.8 Å². The summed E-state index contributed by atoms with van der Waals surface area (Å²) in [6.45, 7) is 3.23. The van der Waals surface area contributed by atoms with Crippen LogP contribution >= 0.6 is 0 Å². The molecule has 2 heterocycles. The zero-order valence-corrected chi connectivity index (χ0v) is 15.6. The Morgan fingerprint density at radius 3 is 2.57 bits per heavy atom. The molecule has 4 aliphatic rings. The first-order valence-corrected chi connectivity index (χ1v) is 9.41. The maximum atomic E-state index is 12.4. The van der Waals surface area contributed by atoms with E-state index < -0.39 is 0 Å². The second kappa shape index (κ2) is 6.46. The highest BCUT2D eigenvalue weighted by molar-refractivity contribution is 5.96. The third-order valence-electron chi connectivity index (χ3n) is 5.95. The van der Waals surface area contributed by atoms with Gasteiger partial charge in [0.1, 0.15) is 5.75 Å². The molecule has 148 valence electrons. The van der Waals surface area contributed by atoms with Gasteiger partial charge < -0.3 is 19.1 Å². The number of hydrogen-bond donors (Lipinski definition) is 1. The molecule has 2 bridgehead atoms. The third-order valence-corrected chi connectivity index (χ3v) is 5.95. The number of carbonyl (C=O) groups excluding carboxylic acids is 1. The molecule has 28 heavy (non-hydrogen) atoms. The molecule has 1 saturated heterocycles. The molecular weight excluding hydrogens is 364 g/mol. The Balaban J connectivity index is 1.17. The van der Waals surface area contributed by atoms with Gasteiger partial charge in [0.2, 0.25) is 5.91 Å². The van der Waals surface area contributed by atoms with Gasteiger partial charge in [-0.2, -0.15) is 0 Å². The second-order valence-corrected chi connectivity index (χ2v) is 7.73. The summed E-state index contributed by atoms with van der Waals surface area (Å²) in [6.07, 6.45) is 2.23. The number of benzene rings is 1. The molecular formula is C19H22N4O5. The van der Waals surface area contributed by atoms with Crippen LogP contribution in [-0.4, -0.2) is 55.1 Å². The van der Waals surface area contributed by atoms with Crippen molar-refractivity contribution in [2.75, 3.05) is 43.6 Å². The van der Waals surface area contributed by atoms with E-state index >= 15 is 0 Å². The van der Waals surface area contributed by atoms with E-state index in [0.29, 0.717) is 5.75 Å². The summed E-state index contributed by atoms with van der Waals surface area (Å²) < 4.78 is 21.5. The van der Waals surface area contributed by atoms with E-state index in [2.05, 4.69) is 20.4 Å². The van der Waals surface area contributed by atoms with Gasteiger partial charge in [0, 0.05) is 25.9 Å². The summed E-state index contributed by atoms with van der Waals surface area (Å²) in [6, 6.07) is 7.65. The fourth-order valence-electron chi connectivity index (χ4n) is 4.34. The molecule has 0 spiro atoms. The average Bonchev–Trinajstić information content (AvgIpc) is 3.08. The number of anilines is 2. The van der Waals surface area contributed by atoms with E-state index in [1.165, 1.54) is 0 Å². The molecule has 3 aliphatic carbocycles. The number of morpholine rings is 1. The highest BCUT2D eigenvalue weighted by Crippen LogP contribution is 2.69. The predicted molar refractivity (Wildman–Crippen MR) is 98.5 cm³/mol. The van der Waals surface area contributed by atoms with Gasteiger partial charge in [-0.1, -0.05) is 0 Å². The summed E-state index contributed by atoms with van der Waals surface area (Å²) in [5.74, 6) is 0.606. The standard InChI is InChI=1S/C19H22N4O5/c1-25-19-10-18(11-19,12-19)15(24)20-16-21-17(28-22-16)27-14-4-2-13(3-5-14)23-6-8-26-9-7-23/h2-5H,6-12H2,1H3,(H,20,22,24). The van der Waals surface area contributed by atoms with Crippen LogP contribution in [0.5, 0.6) is 11.8 Å². The highest BCUT2D eigenvalue weighted by Gasteiger charge is 2.72. The van der Waals surface area contributed by atoms with Crippen molar-refractivity contribution in [3.63, 3.8) is 0 Å². The zero-order chi connectivity index (χ0) is 19.2. The molecule has 3 saturated carbocycles. The van der Waals surface area contributed by atoms with Crippen molar-refractivity contribution in [3.05, 3.63) is 24.3 Å². The normalized spacial score (nSPS) is 28.2. The van der Waals surface area contributed by atoms with E-state index in [1.807, 2.05) is 24.3 Å². The lowest BCUT2D eigenvalue weighted by molar-refractivity contribution is -0.260. The quantitative estimate of drug-likeness (QED) is 0.807. The number of rotatable bonds is 6. The first-order chi connectivity index (χ1) is 13.6. The van der Waals surface area contributed by atoms with E-state index in [4.69, 9.17) is 18.7 Å². The van der Waals surface area contributed by atoms with Crippen LogP contribution in [0.25, 0.3) is 0 Å². The summed E-state index contributed by atoms with van der Waals surface area (Å²) in [5, 5.41) is 6.49. The van der Waals surface area contributed by atoms with Crippen molar-refractivity contribution < 1.29 is 23.5 Å². The molecule has 1 N–H and O–H groups in total. The molecule has 2 aromatic rings. The maximum absolute atomic E-state index is 12.4. The van der Waals surface area contributed by atoms with Crippen LogP contribution in [0.2, 0.25) is 0 Å². The molecule has 9 nitrogen and oxygen atoms in total. The summed E-state index contributed by atoms with van der Waals surface area (Å²) in [4.78, 5) is 18.8. The summed E-state index contributed by atoms with van der Waals surface area (Å²) >= 11 is 0. The molecule has 1 aromatic carbocycles. The summed E-state index contributed by atoms with van der Waals surface area (Å²) in [7, 11) is 1.69. The molecule has 1 aromatic heterocycles. The van der Waals surface area contributed by atoms with Crippen LogP contribution in [-0.2, 0) is 14.3 Å². The minimum absolute atomic E-state index is 0.0135. The van der Waals surface area contributed by atoms with E-state index in [9.17, 15) is 4.79 Å². The Kier molecular flexibility index (Phi) is 4.02. The Morgan fingerprint density at radius 1 is 1.18 bits per heavy atom. The van der Waals surface area contributed by atoms with Crippen molar-refractivity contribution in [1.29, 1.82) is 0 Å². The molecule has 9 heteroatoms. The van der Waals surface area contributed by atoms with Gasteiger partial charge in [-0.25, -0.2) is 0 Å². The Morgan fingerprint density at radius 2 is 1.89 bits per heavy atom. The van der Waals surface area contributed by atoms with Crippen LogP contribution in [0, 0.1) is 5.41 Å². The number of amides is 1. The first kappa shape index (κ1) is 17.4. The second-order valence-electron chi connectivity index (χ2n) is 7.73. The van der Waals surface area contributed by atoms with Gasteiger partial charge in [0.05, 0.1) is 24.2 Å². The molecule has 4 fully saturated rings. The Hall–Kier alpha value is -2.65. The van der Waals surface area contributed by atoms with Gasteiger partial charge in [0.25, 0.3) is 5.95 Å². The van der Waals surface area contributed by atoms with Gasteiger partial charge in [-0.15, -0.1) is 4.98 Å². The lowest BCUT2D eigenvalue weighted by atomic mass is 9.41. The minimum atomic E-state index is -0.340. The Labute approximate surface area is 161 Å². The molecule has 1 amide bonds. The molecule has 0 radical (unpaired) electrons. The van der Waals surface area contributed by atoms with Gasteiger partial charge in [-0.05, 0) is 48.7 Å². The topological polar surface area (TPSA) is 99.0 Å². The number of carbonyl (C=O) groups is 1. The molecule has 0 atom stereocenters.